The standard InChI is InChI=1S/C13H11ClFN3O2/c14-10-4-12(6-17-5-10)20-7-8-1-9(13(16)18-19)3-11(15)2-8/h1-6,19H,7H2,(H2,16,18). The zero-order chi connectivity index (χ0) is 14.5. The largest absolute Gasteiger partial charge is 0.487 e. The van der Waals surface area contributed by atoms with Gasteiger partial charge in [-0.1, -0.05) is 16.8 Å². The summed E-state index contributed by atoms with van der Waals surface area (Å²) in [4.78, 5) is 3.87. The van der Waals surface area contributed by atoms with Gasteiger partial charge in [-0.25, -0.2) is 4.39 Å². The minimum absolute atomic E-state index is 0.103. The van der Waals surface area contributed by atoms with Crippen LogP contribution in [0.25, 0.3) is 0 Å². The van der Waals surface area contributed by atoms with Crippen molar-refractivity contribution in [2.75, 3.05) is 0 Å². The van der Waals surface area contributed by atoms with E-state index in [0.717, 1.165) is 0 Å². The number of ether oxygens (including phenoxy) is 1. The molecule has 2 rings (SSSR count). The Morgan fingerprint density at radius 3 is 2.85 bits per heavy atom. The van der Waals surface area contributed by atoms with Crippen LogP contribution < -0.4 is 10.5 Å². The highest BCUT2D eigenvalue weighted by Crippen LogP contribution is 2.17. The first-order valence-corrected chi connectivity index (χ1v) is 5.97. The molecule has 0 bridgehead atoms. The minimum atomic E-state index is -0.503. The maximum absolute atomic E-state index is 13.4. The van der Waals surface area contributed by atoms with Crippen LogP contribution in [-0.2, 0) is 6.61 Å². The highest BCUT2D eigenvalue weighted by atomic mass is 35.5. The quantitative estimate of drug-likeness (QED) is 0.393. The molecule has 0 saturated carbocycles. The van der Waals surface area contributed by atoms with Crippen LogP contribution in [0.3, 0.4) is 0 Å². The predicted octanol–water partition coefficient (Wildman–Crippen LogP) is 2.55. The van der Waals surface area contributed by atoms with Crippen LogP contribution in [0.4, 0.5) is 4.39 Å². The van der Waals surface area contributed by atoms with Gasteiger partial charge in [0.1, 0.15) is 18.2 Å². The van der Waals surface area contributed by atoms with Gasteiger partial charge < -0.3 is 15.7 Å². The first-order chi connectivity index (χ1) is 9.58. The molecular weight excluding hydrogens is 285 g/mol. The van der Waals surface area contributed by atoms with Crippen LogP contribution in [0.2, 0.25) is 5.02 Å². The van der Waals surface area contributed by atoms with E-state index in [2.05, 4.69) is 10.1 Å². The average Bonchev–Trinajstić information content (AvgIpc) is 2.44. The fourth-order valence-corrected chi connectivity index (χ4v) is 1.74. The van der Waals surface area contributed by atoms with Crippen LogP contribution in [0.15, 0.2) is 41.8 Å². The molecule has 0 atom stereocenters. The summed E-state index contributed by atoms with van der Waals surface area (Å²) < 4.78 is 18.9. The number of pyridine rings is 1. The van der Waals surface area contributed by atoms with Crippen molar-refractivity contribution in [2.24, 2.45) is 10.9 Å². The van der Waals surface area contributed by atoms with Gasteiger partial charge >= 0.3 is 0 Å². The summed E-state index contributed by atoms with van der Waals surface area (Å²) in [5.74, 6) is -0.209. The summed E-state index contributed by atoms with van der Waals surface area (Å²) in [5, 5.41) is 11.9. The number of benzene rings is 1. The van der Waals surface area contributed by atoms with Crippen LogP contribution in [0.5, 0.6) is 5.75 Å². The van der Waals surface area contributed by atoms with Crippen molar-refractivity contribution in [3.63, 3.8) is 0 Å². The van der Waals surface area contributed by atoms with Gasteiger partial charge in [-0.15, -0.1) is 0 Å². The van der Waals surface area contributed by atoms with Crippen LogP contribution in [0, 0.1) is 5.82 Å². The first-order valence-electron chi connectivity index (χ1n) is 5.59. The molecular formula is C13H11ClFN3O2. The Hall–Kier alpha value is -2.34. The summed E-state index contributed by atoms with van der Waals surface area (Å²) in [6.07, 6.45) is 2.97. The molecule has 0 fully saturated rings. The molecule has 1 aromatic carbocycles. The lowest BCUT2D eigenvalue weighted by atomic mass is 10.1. The third-order valence-corrected chi connectivity index (χ3v) is 2.65. The van der Waals surface area contributed by atoms with Gasteiger partial charge in [0, 0.05) is 17.8 Å². The number of nitrogens with zero attached hydrogens (tertiary/aromatic N) is 2. The second kappa shape index (κ2) is 6.21. The summed E-state index contributed by atoms with van der Waals surface area (Å²) in [5.41, 5.74) is 6.23. The molecule has 0 saturated heterocycles. The van der Waals surface area contributed by atoms with Gasteiger partial charge in [0.15, 0.2) is 5.84 Å². The lowest BCUT2D eigenvalue weighted by molar-refractivity contribution is 0.304. The first kappa shape index (κ1) is 14.1. The van der Waals surface area contributed by atoms with Crippen molar-refractivity contribution in [3.8, 4) is 5.75 Å². The van der Waals surface area contributed by atoms with E-state index >= 15 is 0 Å². The Kier molecular flexibility index (Phi) is 4.37. The molecule has 0 amide bonds. The van der Waals surface area contributed by atoms with Gasteiger partial charge in [0.2, 0.25) is 0 Å². The Morgan fingerprint density at radius 1 is 1.35 bits per heavy atom. The molecule has 20 heavy (non-hydrogen) atoms. The van der Waals surface area contributed by atoms with Gasteiger partial charge in [-0.05, 0) is 23.8 Å². The number of nitrogens with two attached hydrogens (primary N) is 1. The van der Waals surface area contributed by atoms with E-state index in [-0.39, 0.29) is 18.0 Å². The smallest absolute Gasteiger partial charge is 0.170 e. The second-order valence-electron chi connectivity index (χ2n) is 3.96. The SMILES string of the molecule is N/C(=N/O)c1cc(F)cc(COc2cncc(Cl)c2)c1. The predicted molar refractivity (Wildman–Crippen MR) is 72.5 cm³/mol. The van der Waals surface area contributed by atoms with E-state index in [0.29, 0.717) is 16.3 Å². The molecule has 3 N–H and O–H groups in total. The topological polar surface area (TPSA) is 80.7 Å². The summed E-state index contributed by atoms with van der Waals surface area (Å²) in [6, 6.07) is 5.63. The molecule has 5 nitrogen and oxygen atoms in total. The Bertz CT molecular complexity index is 649. The normalized spacial score (nSPS) is 11.4. The molecule has 0 radical (unpaired) electrons. The third-order valence-electron chi connectivity index (χ3n) is 2.45. The molecule has 0 unspecified atom stereocenters. The number of rotatable bonds is 4. The van der Waals surface area contributed by atoms with Crippen LogP contribution in [0.1, 0.15) is 11.1 Å². The number of hydrogen-bond acceptors (Lipinski definition) is 4. The van der Waals surface area contributed by atoms with Gasteiger partial charge in [-0.3, -0.25) is 4.98 Å². The highest BCUT2D eigenvalue weighted by Gasteiger charge is 2.06. The Balaban J connectivity index is 2.15. The van der Waals surface area contributed by atoms with Gasteiger partial charge in [0.05, 0.1) is 11.2 Å². The average molecular weight is 296 g/mol. The lowest BCUT2D eigenvalue weighted by Crippen LogP contribution is -2.14. The van der Waals surface area contributed by atoms with Crippen molar-refractivity contribution < 1.29 is 14.3 Å². The molecule has 1 aromatic heterocycles. The second-order valence-corrected chi connectivity index (χ2v) is 4.40. The molecule has 0 aliphatic carbocycles. The van der Waals surface area contributed by atoms with E-state index in [4.69, 9.17) is 27.3 Å². The molecule has 2 aromatic rings. The van der Waals surface area contributed by atoms with Crippen LogP contribution in [-0.4, -0.2) is 16.0 Å². The van der Waals surface area contributed by atoms with Crippen molar-refractivity contribution in [1.82, 2.24) is 4.98 Å². The summed E-state index contributed by atoms with van der Waals surface area (Å²) >= 11 is 5.77. The maximum Gasteiger partial charge on any atom is 0.170 e. The number of amidine groups is 1. The Morgan fingerprint density at radius 2 is 2.15 bits per heavy atom. The number of oxime groups is 1. The van der Waals surface area contributed by atoms with E-state index in [1.807, 2.05) is 0 Å². The zero-order valence-corrected chi connectivity index (χ0v) is 11.0. The summed E-state index contributed by atoms with van der Waals surface area (Å²) in [7, 11) is 0. The molecule has 7 heteroatoms. The van der Waals surface area contributed by atoms with Crippen LogP contribution >= 0.6 is 11.6 Å². The minimum Gasteiger partial charge on any atom is -0.487 e. The van der Waals surface area contributed by atoms with E-state index in [9.17, 15) is 4.39 Å². The van der Waals surface area contributed by atoms with Crippen molar-refractivity contribution in [1.29, 1.82) is 0 Å². The fraction of sp³-hybridized carbons (Fsp3) is 0.0769. The monoisotopic (exact) mass is 295 g/mol. The van der Waals surface area contributed by atoms with Crippen molar-refractivity contribution >= 4 is 17.4 Å². The highest BCUT2D eigenvalue weighted by molar-refractivity contribution is 6.30. The lowest BCUT2D eigenvalue weighted by Gasteiger charge is -2.08. The molecule has 1 heterocycles. The van der Waals surface area contributed by atoms with Gasteiger partial charge in [-0.2, -0.15) is 0 Å². The van der Waals surface area contributed by atoms with E-state index in [1.165, 1.54) is 24.5 Å². The third kappa shape index (κ3) is 3.58. The Labute approximate surface area is 119 Å². The molecule has 104 valence electrons. The zero-order valence-electron chi connectivity index (χ0n) is 10.3. The van der Waals surface area contributed by atoms with E-state index in [1.54, 1.807) is 12.1 Å². The number of aromatic nitrogens is 1. The summed E-state index contributed by atoms with van der Waals surface area (Å²) in [6.45, 7) is 0.103. The van der Waals surface area contributed by atoms with Gasteiger partial charge in [0.25, 0.3) is 0 Å². The van der Waals surface area contributed by atoms with Crippen molar-refractivity contribution in [2.45, 2.75) is 6.61 Å². The number of halogens is 2. The van der Waals surface area contributed by atoms with E-state index < -0.39 is 5.82 Å². The fourth-order valence-electron chi connectivity index (χ4n) is 1.58. The molecule has 0 spiro atoms. The number of hydrogen-bond donors (Lipinski definition) is 2. The van der Waals surface area contributed by atoms with Crippen molar-refractivity contribution in [3.05, 3.63) is 58.6 Å². The molecule has 0 aliphatic heterocycles. The molecule has 0 aliphatic rings. The maximum atomic E-state index is 13.4.